The average molecular weight is 298 g/mol. The van der Waals surface area contributed by atoms with Crippen molar-refractivity contribution in [3.63, 3.8) is 0 Å². The van der Waals surface area contributed by atoms with Gasteiger partial charge in [0.15, 0.2) is 0 Å². The summed E-state index contributed by atoms with van der Waals surface area (Å²) in [5.41, 5.74) is 6.80. The number of nitrogens with two attached hydrogens (primary N) is 1. The zero-order chi connectivity index (χ0) is 14.8. The minimum Gasteiger partial charge on any atom is -0.377 e. The predicted molar refractivity (Wildman–Crippen MR) is 77.8 cm³/mol. The molecular weight excluding hydrogens is 276 g/mol. The van der Waals surface area contributed by atoms with Gasteiger partial charge in [-0.2, -0.15) is 0 Å². The Morgan fingerprint density at radius 2 is 2.25 bits per heavy atom. The summed E-state index contributed by atoms with van der Waals surface area (Å²) < 4.78 is 32.9. The lowest BCUT2D eigenvalue weighted by Crippen LogP contribution is -2.39. The molecule has 1 saturated heterocycles. The third-order valence-corrected chi connectivity index (χ3v) is 5.21. The van der Waals surface area contributed by atoms with Crippen LogP contribution in [0.2, 0.25) is 0 Å². The van der Waals surface area contributed by atoms with E-state index in [9.17, 15) is 8.42 Å². The second-order valence-corrected chi connectivity index (χ2v) is 6.89. The molecule has 1 heterocycles. The van der Waals surface area contributed by atoms with Crippen LogP contribution in [0.15, 0.2) is 29.2 Å². The molecule has 1 fully saturated rings. The molecule has 0 bridgehead atoms. The van der Waals surface area contributed by atoms with Crippen LogP contribution in [0.5, 0.6) is 0 Å². The van der Waals surface area contributed by atoms with Crippen LogP contribution in [0.3, 0.4) is 0 Å². The average Bonchev–Trinajstić information content (AvgIpc) is 2.83. The van der Waals surface area contributed by atoms with Crippen molar-refractivity contribution in [1.82, 2.24) is 4.72 Å². The van der Waals surface area contributed by atoms with Crippen molar-refractivity contribution in [1.29, 1.82) is 0 Å². The number of hydrogen-bond donors (Lipinski definition) is 2. The second kappa shape index (κ2) is 6.22. The first-order valence-electron chi connectivity index (χ1n) is 6.93. The maximum Gasteiger partial charge on any atom is 0.240 e. The summed E-state index contributed by atoms with van der Waals surface area (Å²) in [6, 6.07) is 6.52. The summed E-state index contributed by atoms with van der Waals surface area (Å²) in [6.07, 6.45) is 1.38. The summed E-state index contributed by atoms with van der Waals surface area (Å²) in [7, 11) is -3.53. The van der Waals surface area contributed by atoms with Gasteiger partial charge in [-0.25, -0.2) is 13.1 Å². The normalized spacial score (nSPS) is 24.8. The molecule has 1 aromatic rings. The van der Waals surface area contributed by atoms with Crippen molar-refractivity contribution >= 4 is 10.0 Å². The molecule has 1 aliphatic heterocycles. The molecule has 1 aliphatic rings. The van der Waals surface area contributed by atoms with Gasteiger partial charge in [0.1, 0.15) is 0 Å². The number of benzene rings is 1. The molecule has 0 aromatic heterocycles. The van der Waals surface area contributed by atoms with Crippen molar-refractivity contribution in [2.75, 3.05) is 6.61 Å². The van der Waals surface area contributed by atoms with Gasteiger partial charge in [-0.15, -0.1) is 0 Å². The Bertz CT molecular complexity index is 559. The van der Waals surface area contributed by atoms with E-state index in [1.165, 1.54) is 0 Å². The number of ether oxygens (including phenoxy) is 1. The van der Waals surface area contributed by atoms with Crippen LogP contribution >= 0.6 is 0 Å². The molecule has 0 saturated carbocycles. The fraction of sp³-hybridized carbons (Fsp3) is 0.571. The van der Waals surface area contributed by atoms with Gasteiger partial charge in [0.05, 0.1) is 17.0 Å². The van der Waals surface area contributed by atoms with Crippen molar-refractivity contribution < 1.29 is 13.2 Å². The zero-order valence-electron chi connectivity index (χ0n) is 11.9. The third kappa shape index (κ3) is 3.38. The van der Waals surface area contributed by atoms with E-state index in [0.29, 0.717) is 13.0 Å². The Morgan fingerprint density at radius 3 is 2.85 bits per heavy atom. The minimum absolute atomic E-state index is 0.0918. The van der Waals surface area contributed by atoms with Crippen LogP contribution in [-0.4, -0.2) is 27.2 Å². The summed E-state index contributed by atoms with van der Waals surface area (Å²) in [4.78, 5) is 0.262. The Balaban J connectivity index is 2.21. The molecule has 5 nitrogen and oxygen atoms in total. The largest absolute Gasteiger partial charge is 0.377 e. The summed E-state index contributed by atoms with van der Waals surface area (Å²) in [6.45, 7) is 4.44. The third-order valence-electron chi connectivity index (χ3n) is 3.72. The van der Waals surface area contributed by atoms with Crippen molar-refractivity contribution in [3.8, 4) is 0 Å². The number of hydrogen-bond acceptors (Lipinski definition) is 4. The van der Waals surface area contributed by atoms with Crippen LogP contribution < -0.4 is 10.5 Å². The van der Waals surface area contributed by atoms with Gasteiger partial charge in [0, 0.05) is 12.6 Å². The molecule has 112 valence electrons. The van der Waals surface area contributed by atoms with Crippen molar-refractivity contribution in [2.45, 2.75) is 49.8 Å². The lowest BCUT2D eigenvalue weighted by Gasteiger charge is -2.17. The maximum absolute atomic E-state index is 12.4. The first kappa shape index (κ1) is 15.4. The summed E-state index contributed by atoms with van der Waals surface area (Å²) >= 11 is 0. The van der Waals surface area contributed by atoms with E-state index in [4.69, 9.17) is 10.5 Å². The Labute approximate surface area is 120 Å². The van der Waals surface area contributed by atoms with Crippen LogP contribution in [0.25, 0.3) is 0 Å². The molecule has 0 spiro atoms. The molecule has 0 aliphatic carbocycles. The van der Waals surface area contributed by atoms with E-state index in [0.717, 1.165) is 12.0 Å². The molecule has 20 heavy (non-hydrogen) atoms. The molecule has 6 heteroatoms. The van der Waals surface area contributed by atoms with E-state index in [1.54, 1.807) is 18.2 Å². The Hall–Kier alpha value is -0.950. The first-order valence-corrected chi connectivity index (χ1v) is 8.42. The van der Waals surface area contributed by atoms with E-state index in [1.807, 2.05) is 19.9 Å². The maximum atomic E-state index is 12.4. The van der Waals surface area contributed by atoms with Gasteiger partial charge in [0.2, 0.25) is 10.0 Å². The van der Waals surface area contributed by atoms with Crippen LogP contribution in [0, 0.1) is 0 Å². The predicted octanol–water partition coefficient (Wildman–Crippen LogP) is 1.55. The SMILES string of the molecule is CCC(N)c1cccc(S(=O)(=O)NC2CCOC2C)c1. The zero-order valence-corrected chi connectivity index (χ0v) is 12.7. The molecule has 3 atom stereocenters. The highest BCUT2D eigenvalue weighted by Crippen LogP contribution is 2.20. The van der Waals surface area contributed by atoms with Crippen molar-refractivity contribution in [2.24, 2.45) is 5.73 Å². The van der Waals surface area contributed by atoms with Crippen LogP contribution in [-0.2, 0) is 14.8 Å². The van der Waals surface area contributed by atoms with Crippen molar-refractivity contribution in [3.05, 3.63) is 29.8 Å². The van der Waals surface area contributed by atoms with E-state index in [-0.39, 0.29) is 23.1 Å². The fourth-order valence-electron chi connectivity index (χ4n) is 2.30. The summed E-state index contributed by atoms with van der Waals surface area (Å²) in [5.74, 6) is 0. The Kier molecular flexibility index (Phi) is 4.80. The summed E-state index contributed by atoms with van der Waals surface area (Å²) in [5, 5.41) is 0. The fourth-order valence-corrected chi connectivity index (χ4v) is 3.69. The molecule has 0 amide bonds. The molecule has 1 aromatic carbocycles. The highest BCUT2D eigenvalue weighted by Gasteiger charge is 2.29. The van der Waals surface area contributed by atoms with Crippen LogP contribution in [0.4, 0.5) is 0 Å². The van der Waals surface area contributed by atoms with Gasteiger partial charge < -0.3 is 10.5 Å². The smallest absolute Gasteiger partial charge is 0.240 e. The second-order valence-electron chi connectivity index (χ2n) is 5.18. The van der Waals surface area contributed by atoms with Gasteiger partial charge in [-0.3, -0.25) is 0 Å². The van der Waals surface area contributed by atoms with Gasteiger partial charge >= 0.3 is 0 Å². The van der Waals surface area contributed by atoms with Crippen LogP contribution in [0.1, 0.15) is 38.3 Å². The monoisotopic (exact) mass is 298 g/mol. The Morgan fingerprint density at radius 1 is 1.50 bits per heavy atom. The molecule has 0 radical (unpaired) electrons. The lowest BCUT2D eigenvalue weighted by molar-refractivity contribution is 0.117. The number of rotatable bonds is 5. The van der Waals surface area contributed by atoms with E-state index >= 15 is 0 Å². The highest BCUT2D eigenvalue weighted by atomic mass is 32.2. The molecule has 3 unspecified atom stereocenters. The topological polar surface area (TPSA) is 81.4 Å². The molecule has 3 N–H and O–H groups in total. The first-order chi connectivity index (χ1) is 9.44. The highest BCUT2D eigenvalue weighted by molar-refractivity contribution is 7.89. The quantitative estimate of drug-likeness (QED) is 0.864. The lowest BCUT2D eigenvalue weighted by atomic mass is 10.1. The number of sulfonamides is 1. The molecule has 2 rings (SSSR count). The van der Waals surface area contributed by atoms with E-state index < -0.39 is 10.0 Å². The number of nitrogens with one attached hydrogen (secondary N) is 1. The van der Waals surface area contributed by atoms with Gasteiger partial charge in [-0.05, 0) is 37.5 Å². The van der Waals surface area contributed by atoms with E-state index in [2.05, 4.69) is 4.72 Å². The minimum atomic E-state index is -3.53. The van der Waals surface area contributed by atoms with Gasteiger partial charge in [0.25, 0.3) is 0 Å². The van der Waals surface area contributed by atoms with Gasteiger partial charge in [-0.1, -0.05) is 19.1 Å². The molecular formula is C14H22N2O3S. The standard InChI is InChI=1S/C14H22N2O3S/c1-3-13(15)11-5-4-6-12(9-11)20(17,18)16-14-7-8-19-10(14)2/h4-6,9-10,13-14,16H,3,7-8,15H2,1-2H3.